The van der Waals surface area contributed by atoms with Gasteiger partial charge in [-0.25, -0.2) is 0 Å². The van der Waals surface area contributed by atoms with E-state index in [-0.39, 0.29) is 12.0 Å². The van der Waals surface area contributed by atoms with Crippen LogP contribution in [0.15, 0.2) is 0 Å². The van der Waals surface area contributed by atoms with Crippen molar-refractivity contribution in [1.82, 2.24) is 15.1 Å². The van der Waals surface area contributed by atoms with Crippen LogP contribution in [0.1, 0.15) is 31.7 Å². The minimum Gasteiger partial charge on any atom is -0.393 e. The van der Waals surface area contributed by atoms with E-state index in [1.165, 1.54) is 11.3 Å². The summed E-state index contributed by atoms with van der Waals surface area (Å²) in [6.07, 6.45) is 2.16. The molecule has 1 amide bonds. The number of nitrogens with zero attached hydrogens (tertiary/aromatic N) is 3. The first-order valence-electron chi connectivity index (χ1n) is 7.05. The summed E-state index contributed by atoms with van der Waals surface area (Å²) in [5, 5.41) is 21.8. The summed E-state index contributed by atoms with van der Waals surface area (Å²) < 4.78 is 0. The Labute approximate surface area is 123 Å². The second-order valence-corrected chi connectivity index (χ2v) is 6.72. The van der Waals surface area contributed by atoms with Crippen molar-refractivity contribution in [2.24, 2.45) is 5.92 Å². The van der Waals surface area contributed by atoms with Crippen LogP contribution in [-0.2, 0) is 11.2 Å². The Morgan fingerprint density at radius 2 is 2.15 bits per heavy atom. The topological polar surface area (TPSA) is 78.4 Å². The van der Waals surface area contributed by atoms with Crippen molar-refractivity contribution in [2.45, 2.75) is 39.2 Å². The molecular formula is C13H22N4O2S. The summed E-state index contributed by atoms with van der Waals surface area (Å²) in [5.74, 6) is 0.472. The highest BCUT2D eigenvalue weighted by molar-refractivity contribution is 7.15. The predicted octanol–water partition coefficient (Wildman–Crippen LogP) is 1.13. The third-order valence-corrected chi connectivity index (χ3v) is 4.08. The van der Waals surface area contributed by atoms with E-state index in [4.69, 9.17) is 0 Å². The number of amides is 1. The van der Waals surface area contributed by atoms with Gasteiger partial charge in [0.05, 0.1) is 12.6 Å². The van der Waals surface area contributed by atoms with Gasteiger partial charge >= 0.3 is 0 Å². The number of hydrogen-bond acceptors (Lipinski definition) is 6. The van der Waals surface area contributed by atoms with Crippen LogP contribution in [0.25, 0.3) is 0 Å². The molecule has 1 aromatic rings. The number of rotatable bonds is 5. The van der Waals surface area contributed by atoms with Crippen molar-refractivity contribution in [2.75, 3.05) is 25.0 Å². The summed E-state index contributed by atoms with van der Waals surface area (Å²) in [5.41, 5.74) is 0. The van der Waals surface area contributed by atoms with E-state index in [1.807, 2.05) is 0 Å². The number of aliphatic hydroxyl groups is 1. The molecule has 2 heterocycles. The molecule has 0 radical (unpaired) electrons. The molecule has 7 heteroatoms. The van der Waals surface area contributed by atoms with Gasteiger partial charge < -0.3 is 5.11 Å². The maximum atomic E-state index is 11.9. The maximum absolute atomic E-state index is 11.9. The van der Waals surface area contributed by atoms with Crippen molar-refractivity contribution in [1.29, 1.82) is 0 Å². The van der Waals surface area contributed by atoms with Gasteiger partial charge in [-0.15, -0.1) is 10.2 Å². The molecule has 0 bridgehead atoms. The lowest BCUT2D eigenvalue weighted by molar-refractivity contribution is -0.117. The Hall–Kier alpha value is -1.05. The molecule has 112 valence electrons. The van der Waals surface area contributed by atoms with Crippen molar-refractivity contribution in [3.63, 3.8) is 0 Å². The smallest absolute Gasteiger partial charge is 0.240 e. The van der Waals surface area contributed by atoms with Gasteiger partial charge in [-0.05, 0) is 18.8 Å². The predicted molar refractivity (Wildman–Crippen MR) is 78.8 cm³/mol. The van der Waals surface area contributed by atoms with Gasteiger partial charge in [0.2, 0.25) is 11.0 Å². The molecule has 2 rings (SSSR count). The number of likely N-dealkylation sites (tertiary alicyclic amines) is 1. The van der Waals surface area contributed by atoms with E-state index >= 15 is 0 Å². The fourth-order valence-corrected chi connectivity index (χ4v) is 3.14. The number of aliphatic hydroxyl groups excluding tert-OH is 1. The fourth-order valence-electron chi connectivity index (χ4n) is 2.18. The molecule has 20 heavy (non-hydrogen) atoms. The van der Waals surface area contributed by atoms with Gasteiger partial charge in [0.25, 0.3) is 0 Å². The highest BCUT2D eigenvalue weighted by Crippen LogP contribution is 2.18. The molecule has 2 N–H and O–H groups in total. The highest BCUT2D eigenvalue weighted by atomic mass is 32.1. The van der Waals surface area contributed by atoms with Crippen molar-refractivity contribution in [3.8, 4) is 0 Å². The third-order valence-electron chi connectivity index (χ3n) is 3.22. The van der Waals surface area contributed by atoms with E-state index < -0.39 is 0 Å². The zero-order chi connectivity index (χ0) is 14.5. The average molecular weight is 298 g/mol. The van der Waals surface area contributed by atoms with Crippen molar-refractivity contribution >= 4 is 22.4 Å². The normalized spacial score (nSPS) is 17.6. The SMILES string of the molecule is CC(C)Cc1nnc(NC(=O)CN2CCC(O)CC2)s1. The molecule has 0 saturated carbocycles. The van der Waals surface area contributed by atoms with Crippen LogP contribution in [0.2, 0.25) is 0 Å². The van der Waals surface area contributed by atoms with E-state index in [2.05, 4.69) is 34.3 Å². The summed E-state index contributed by atoms with van der Waals surface area (Å²) >= 11 is 1.44. The Bertz CT molecular complexity index is 441. The van der Waals surface area contributed by atoms with Crippen LogP contribution in [-0.4, -0.2) is 51.8 Å². The molecule has 0 aromatic carbocycles. The number of hydrogen-bond donors (Lipinski definition) is 2. The molecule has 1 saturated heterocycles. The van der Waals surface area contributed by atoms with E-state index in [9.17, 15) is 9.90 Å². The quantitative estimate of drug-likeness (QED) is 0.852. The zero-order valence-electron chi connectivity index (χ0n) is 12.0. The summed E-state index contributed by atoms with van der Waals surface area (Å²) in [6, 6.07) is 0. The summed E-state index contributed by atoms with van der Waals surface area (Å²) in [4.78, 5) is 14.0. The molecule has 1 aromatic heterocycles. The van der Waals surface area contributed by atoms with Crippen LogP contribution >= 0.6 is 11.3 Å². The van der Waals surface area contributed by atoms with Crippen molar-refractivity contribution < 1.29 is 9.90 Å². The lowest BCUT2D eigenvalue weighted by Crippen LogP contribution is -2.40. The van der Waals surface area contributed by atoms with Gasteiger partial charge in [0.1, 0.15) is 5.01 Å². The minimum atomic E-state index is -0.212. The second-order valence-electron chi connectivity index (χ2n) is 5.65. The monoisotopic (exact) mass is 298 g/mol. The van der Waals surface area contributed by atoms with Gasteiger partial charge in [-0.2, -0.15) is 0 Å². The first-order valence-corrected chi connectivity index (χ1v) is 7.87. The number of anilines is 1. The van der Waals surface area contributed by atoms with E-state index in [0.717, 1.165) is 37.4 Å². The minimum absolute atomic E-state index is 0.0614. The fraction of sp³-hybridized carbons (Fsp3) is 0.769. The lowest BCUT2D eigenvalue weighted by Gasteiger charge is -2.28. The first kappa shape index (κ1) is 15.3. The Balaban J connectivity index is 1.78. The number of carbonyl (C=O) groups excluding carboxylic acids is 1. The molecule has 0 unspecified atom stereocenters. The van der Waals surface area contributed by atoms with Gasteiger partial charge in [-0.3, -0.25) is 15.0 Å². The molecule has 0 aliphatic carbocycles. The number of aromatic nitrogens is 2. The highest BCUT2D eigenvalue weighted by Gasteiger charge is 2.19. The third kappa shape index (κ3) is 4.81. The molecule has 0 atom stereocenters. The van der Waals surface area contributed by atoms with E-state index in [0.29, 0.717) is 17.6 Å². The van der Waals surface area contributed by atoms with Gasteiger partial charge in [0, 0.05) is 19.5 Å². The molecule has 0 spiro atoms. The van der Waals surface area contributed by atoms with Crippen LogP contribution in [0.5, 0.6) is 0 Å². The molecule has 1 aliphatic rings. The lowest BCUT2D eigenvalue weighted by atomic mass is 10.1. The second kappa shape index (κ2) is 7.10. The van der Waals surface area contributed by atoms with Gasteiger partial charge in [0.15, 0.2) is 0 Å². The summed E-state index contributed by atoms with van der Waals surface area (Å²) in [6.45, 7) is 6.15. The zero-order valence-corrected chi connectivity index (χ0v) is 12.8. The van der Waals surface area contributed by atoms with Crippen LogP contribution < -0.4 is 5.32 Å². The number of nitrogens with one attached hydrogen (secondary N) is 1. The first-order chi connectivity index (χ1) is 9.52. The van der Waals surface area contributed by atoms with Gasteiger partial charge in [-0.1, -0.05) is 25.2 Å². The number of carbonyl (C=O) groups is 1. The van der Waals surface area contributed by atoms with Crippen molar-refractivity contribution in [3.05, 3.63) is 5.01 Å². The van der Waals surface area contributed by atoms with Crippen LogP contribution in [0.3, 0.4) is 0 Å². The standard InChI is InChI=1S/C13H22N4O2S/c1-9(2)7-12-15-16-13(20-12)14-11(19)8-17-5-3-10(18)4-6-17/h9-10,18H,3-8H2,1-2H3,(H,14,16,19). The van der Waals surface area contributed by atoms with E-state index in [1.54, 1.807) is 0 Å². The summed E-state index contributed by atoms with van der Waals surface area (Å²) in [7, 11) is 0. The molecule has 1 aliphatic heterocycles. The Morgan fingerprint density at radius 3 is 2.80 bits per heavy atom. The van der Waals surface area contributed by atoms with Crippen LogP contribution in [0.4, 0.5) is 5.13 Å². The average Bonchev–Trinajstić information content (AvgIpc) is 2.78. The Morgan fingerprint density at radius 1 is 1.45 bits per heavy atom. The number of piperidine rings is 1. The molecule has 1 fully saturated rings. The van der Waals surface area contributed by atoms with Crippen LogP contribution in [0, 0.1) is 5.92 Å². The Kier molecular flexibility index (Phi) is 5.45. The maximum Gasteiger partial charge on any atom is 0.240 e. The largest absolute Gasteiger partial charge is 0.393 e. The molecule has 6 nitrogen and oxygen atoms in total. The molecular weight excluding hydrogens is 276 g/mol.